The predicted octanol–water partition coefficient (Wildman–Crippen LogP) is 2.27. The second kappa shape index (κ2) is 6.27. The second-order valence-corrected chi connectivity index (χ2v) is 3.53. The summed E-state index contributed by atoms with van der Waals surface area (Å²) < 4.78 is 28.2. The van der Waals surface area contributed by atoms with Gasteiger partial charge in [-0.1, -0.05) is 0 Å². The fraction of sp³-hybridized carbons (Fsp3) is 0.455. The summed E-state index contributed by atoms with van der Waals surface area (Å²) in [4.78, 5) is 0. The van der Waals surface area contributed by atoms with Crippen LogP contribution in [0.1, 0.15) is 5.56 Å². The Morgan fingerprint density at radius 3 is 2.75 bits per heavy atom. The summed E-state index contributed by atoms with van der Waals surface area (Å²) in [5, 5.41) is 3.05. The van der Waals surface area contributed by atoms with Crippen molar-refractivity contribution < 1.29 is 13.5 Å². The van der Waals surface area contributed by atoms with E-state index in [9.17, 15) is 8.78 Å². The van der Waals surface area contributed by atoms with Crippen molar-refractivity contribution in [2.75, 3.05) is 30.8 Å². The molecule has 0 fully saturated rings. The van der Waals surface area contributed by atoms with Crippen molar-refractivity contribution in [3.8, 4) is 0 Å². The maximum atomic E-state index is 11.7. The topological polar surface area (TPSA) is 47.3 Å². The van der Waals surface area contributed by atoms with Crippen molar-refractivity contribution in [3.05, 3.63) is 23.8 Å². The average Bonchev–Trinajstić information content (AvgIpc) is 2.15. The summed E-state index contributed by atoms with van der Waals surface area (Å²) in [7, 11) is 0. The molecule has 0 aliphatic heterocycles. The number of nitrogens with two attached hydrogens (primary N) is 1. The highest BCUT2D eigenvalue weighted by atomic mass is 19.3. The molecule has 0 radical (unpaired) electrons. The highest BCUT2D eigenvalue weighted by molar-refractivity contribution is 5.56. The average molecular weight is 230 g/mol. The molecular formula is C11H16F2N2O. The van der Waals surface area contributed by atoms with Gasteiger partial charge >= 0.3 is 0 Å². The van der Waals surface area contributed by atoms with Gasteiger partial charge in [0.15, 0.2) is 0 Å². The number of benzene rings is 1. The number of nitrogen functional groups attached to an aromatic ring is 1. The Morgan fingerprint density at radius 2 is 2.12 bits per heavy atom. The van der Waals surface area contributed by atoms with E-state index >= 15 is 0 Å². The number of alkyl halides is 2. The lowest BCUT2D eigenvalue weighted by Gasteiger charge is -2.08. The van der Waals surface area contributed by atoms with Crippen LogP contribution in [0.2, 0.25) is 0 Å². The second-order valence-electron chi connectivity index (χ2n) is 3.53. The fourth-order valence-electron chi connectivity index (χ4n) is 1.35. The third-order valence-corrected chi connectivity index (χ3v) is 1.92. The predicted molar refractivity (Wildman–Crippen MR) is 60.9 cm³/mol. The van der Waals surface area contributed by atoms with Crippen LogP contribution in [0.3, 0.4) is 0 Å². The van der Waals surface area contributed by atoms with Crippen molar-refractivity contribution >= 4 is 11.4 Å². The Morgan fingerprint density at radius 1 is 1.38 bits per heavy atom. The van der Waals surface area contributed by atoms with E-state index in [1.165, 1.54) is 0 Å². The summed E-state index contributed by atoms with van der Waals surface area (Å²) >= 11 is 0. The maximum absolute atomic E-state index is 11.7. The van der Waals surface area contributed by atoms with Gasteiger partial charge in [0.25, 0.3) is 6.43 Å². The molecule has 3 nitrogen and oxygen atoms in total. The van der Waals surface area contributed by atoms with Crippen LogP contribution in [0.4, 0.5) is 20.2 Å². The molecule has 0 amide bonds. The summed E-state index contributed by atoms with van der Waals surface area (Å²) in [5.74, 6) is 0. The van der Waals surface area contributed by atoms with Crippen LogP contribution in [-0.4, -0.2) is 26.2 Å². The van der Waals surface area contributed by atoms with Gasteiger partial charge in [-0.05, 0) is 30.7 Å². The first-order valence-electron chi connectivity index (χ1n) is 5.05. The minimum absolute atomic E-state index is 0.248. The van der Waals surface area contributed by atoms with Crippen LogP contribution in [0.15, 0.2) is 18.2 Å². The van der Waals surface area contributed by atoms with Crippen LogP contribution in [0.5, 0.6) is 0 Å². The Balaban J connectivity index is 2.26. The zero-order valence-corrected chi connectivity index (χ0v) is 9.17. The summed E-state index contributed by atoms with van der Waals surface area (Å²) in [5.41, 5.74) is 8.26. The molecule has 0 saturated carbocycles. The van der Waals surface area contributed by atoms with E-state index in [-0.39, 0.29) is 6.61 Å². The molecule has 0 aliphatic rings. The van der Waals surface area contributed by atoms with Crippen molar-refractivity contribution in [2.24, 2.45) is 0 Å². The molecule has 1 aromatic rings. The van der Waals surface area contributed by atoms with E-state index in [0.29, 0.717) is 12.2 Å². The Kier molecular flexibility index (Phi) is 4.98. The SMILES string of the molecule is Cc1cc(N)cc(NCCOCC(F)F)c1. The number of anilines is 2. The van der Waals surface area contributed by atoms with E-state index in [2.05, 4.69) is 5.32 Å². The third kappa shape index (κ3) is 4.93. The van der Waals surface area contributed by atoms with Gasteiger partial charge in [0, 0.05) is 17.9 Å². The van der Waals surface area contributed by atoms with E-state index < -0.39 is 13.0 Å². The number of ether oxygens (including phenoxy) is 1. The molecule has 1 rings (SSSR count). The Hall–Kier alpha value is -1.36. The van der Waals surface area contributed by atoms with Crippen LogP contribution in [-0.2, 0) is 4.74 Å². The smallest absolute Gasteiger partial charge is 0.261 e. The van der Waals surface area contributed by atoms with Gasteiger partial charge in [-0.15, -0.1) is 0 Å². The van der Waals surface area contributed by atoms with Crippen LogP contribution in [0, 0.1) is 6.92 Å². The highest BCUT2D eigenvalue weighted by Gasteiger charge is 2.01. The Labute approximate surface area is 93.6 Å². The maximum Gasteiger partial charge on any atom is 0.261 e. The number of rotatable bonds is 6. The monoisotopic (exact) mass is 230 g/mol. The quantitative estimate of drug-likeness (QED) is 0.582. The third-order valence-electron chi connectivity index (χ3n) is 1.92. The summed E-state index contributed by atoms with van der Waals surface area (Å²) in [6.45, 7) is 2.15. The molecule has 0 unspecified atom stereocenters. The summed E-state index contributed by atoms with van der Waals surface area (Å²) in [6, 6.07) is 5.59. The lowest BCUT2D eigenvalue weighted by atomic mass is 10.2. The van der Waals surface area contributed by atoms with Crippen molar-refractivity contribution in [1.29, 1.82) is 0 Å². The van der Waals surface area contributed by atoms with Gasteiger partial charge in [-0.25, -0.2) is 8.78 Å². The van der Waals surface area contributed by atoms with E-state index in [1.54, 1.807) is 6.07 Å². The lowest BCUT2D eigenvalue weighted by Crippen LogP contribution is -2.13. The van der Waals surface area contributed by atoms with Crippen molar-refractivity contribution in [2.45, 2.75) is 13.3 Å². The van der Waals surface area contributed by atoms with Crippen LogP contribution < -0.4 is 11.1 Å². The number of nitrogens with one attached hydrogen (secondary N) is 1. The normalized spacial score (nSPS) is 10.8. The van der Waals surface area contributed by atoms with Crippen LogP contribution >= 0.6 is 0 Å². The molecule has 0 spiro atoms. The number of hydrogen-bond acceptors (Lipinski definition) is 3. The number of hydrogen-bond donors (Lipinski definition) is 2. The first-order chi connectivity index (χ1) is 7.58. The van der Waals surface area contributed by atoms with E-state index in [0.717, 1.165) is 11.3 Å². The molecule has 0 atom stereocenters. The molecule has 0 heterocycles. The molecule has 5 heteroatoms. The molecule has 90 valence electrons. The molecule has 16 heavy (non-hydrogen) atoms. The minimum Gasteiger partial charge on any atom is -0.399 e. The lowest BCUT2D eigenvalue weighted by molar-refractivity contribution is 0.0215. The zero-order valence-electron chi connectivity index (χ0n) is 9.17. The summed E-state index contributed by atoms with van der Waals surface area (Å²) in [6.07, 6.45) is -2.41. The van der Waals surface area contributed by atoms with Crippen LogP contribution in [0.25, 0.3) is 0 Å². The largest absolute Gasteiger partial charge is 0.399 e. The van der Waals surface area contributed by atoms with Crippen molar-refractivity contribution in [3.63, 3.8) is 0 Å². The van der Waals surface area contributed by atoms with E-state index in [4.69, 9.17) is 10.5 Å². The standard InChI is InChI=1S/C11H16F2N2O/c1-8-4-9(14)6-10(5-8)15-2-3-16-7-11(12)13/h4-6,11,15H,2-3,7,14H2,1H3. The van der Waals surface area contributed by atoms with Gasteiger partial charge < -0.3 is 15.8 Å². The molecule has 1 aromatic carbocycles. The molecule has 3 N–H and O–H groups in total. The fourth-order valence-corrected chi connectivity index (χ4v) is 1.35. The molecule has 0 bridgehead atoms. The molecular weight excluding hydrogens is 214 g/mol. The van der Waals surface area contributed by atoms with E-state index in [1.807, 2.05) is 19.1 Å². The molecule has 0 aromatic heterocycles. The van der Waals surface area contributed by atoms with Gasteiger partial charge in [0.1, 0.15) is 6.61 Å². The van der Waals surface area contributed by atoms with Gasteiger partial charge in [-0.3, -0.25) is 0 Å². The first kappa shape index (κ1) is 12.7. The van der Waals surface area contributed by atoms with Gasteiger partial charge in [-0.2, -0.15) is 0 Å². The number of halogens is 2. The van der Waals surface area contributed by atoms with Gasteiger partial charge in [0.2, 0.25) is 0 Å². The Bertz CT molecular complexity index is 312. The zero-order chi connectivity index (χ0) is 12.0. The first-order valence-corrected chi connectivity index (χ1v) is 5.05. The van der Waals surface area contributed by atoms with Gasteiger partial charge in [0.05, 0.1) is 6.61 Å². The van der Waals surface area contributed by atoms with Crippen molar-refractivity contribution in [1.82, 2.24) is 0 Å². The number of aryl methyl sites for hydroxylation is 1. The minimum atomic E-state index is -2.41. The molecule has 0 saturated heterocycles. The molecule has 0 aliphatic carbocycles. The highest BCUT2D eigenvalue weighted by Crippen LogP contribution is 2.15.